The fraction of sp³-hybridized carbons (Fsp3) is 1.00. The lowest BCUT2D eigenvalue weighted by molar-refractivity contribution is -0.00280. The molecular weight excluding hydrogens is 292 g/mol. The van der Waals surface area contributed by atoms with Gasteiger partial charge in [0.05, 0.1) is 0 Å². The van der Waals surface area contributed by atoms with E-state index in [4.69, 9.17) is 0 Å². The van der Waals surface area contributed by atoms with Gasteiger partial charge in [-0.1, -0.05) is 12.8 Å². The molecule has 0 aromatic carbocycles. The van der Waals surface area contributed by atoms with Crippen molar-refractivity contribution in [3.63, 3.8) is 0 Å². The number of piperidine rings is 2. The first-order valence-electron chi connectivity index (χ1n) is 10.2. The van der Waals surface area contributed by atoms with Crippen molar-refractivity contribution in [2.24, 2.45) is 0 Å². The van der Waals surface area contributed by atoms with Crippen LogP contribution < -0.4 is 0 Å². The van der Waals surface area contributed by atoms with Crippen LogP contribution in [-0.2, 0) is 0 Å². The monoisotopic (exact) mass is 338 g/mol. The second-order valence-corrected chi connectivity index (χ2v) is 11.2. The number of rotatable bonds is 0. The van der Waals surface area contributed by atoms with Crippen LogP contribution in [-0.4, -0.2) is 45.0 Å². The summed E-state index contributed by atoms with van der Waals surface area (Å²) in [6, 6.07) is 0. The molecule has 2 heterocycles. The molecule has 2 rings (SSSR count). The minimum atomic E-state index is 0.337. The molecule has 0 aromatic heterocycles. The van der Waals surface area contributed by atoms with Gasteiger partial charge in [-0.2, -0.15) is 0 Å². The average Bonchev–Trinajstić information content (AvgIpc) is 2.35. The van der Waals surface area contributed by atoms with Crippen LogP contribution in [0.5, 0.6) is 0 Å². The van der Waals surface area contributed by atoms with E-state index in [1.54, 1.807) is 0 Å². The Morgan fingerprint density at radius 3 is 1.00 bits per heavy atom. The highest BCUT2D eigenvalue weighted by Gasteiger charge is 2.37. The Kier molecular flexibility index (Phi) is 7.01. The van der Waals surface area contributed by atoms with Gasteiger partial charge in [-0.3, -0.25) is 9.80 Å². The zero-order chi connectivity index (χ0) is 18.8. The van der Waals surface area contributed by atoms with Crippen molar-refractivity contribution in [3.05, 3.63) is 0 Å². The molecule has 2 saturated heterocycles. The van der Waals surface area contributed by atoms with Crippen molar-refractivity contribution in [2.45, 2.75) is 130 Å². The molecule has 0 bridgehead atoms. The molecule has 2 heteroatoms. The first kappa shape index (κ1) is 22.0. The Labute approximate surface area is 153 Å². The Hall–Kier alpha value is -0.0800. The van der Waals surface area contributed by atoms with Crippen LogP contribution in [0.4, 0.5) is 0 Å². The third-order valence-corrected chi connectivity index (χ3v) is 5.92. The Morgan fingerprint density at radius 1 is 0.542 bits per heavy atom. The van der Waals surface area contributed by atoms with Crippen LogP contribution in [0, 0.1) is 0 Å². The average molecular weight is 339 g/mol. The van der Waals surface area contributed by atoms with Crippen molar-refractivity contribution in [1.29, 1.82) is 0 Å². The van der Waals surface area contributed by atoms with Crippen LogP contribution in [0.15, 0.2) is 0 Å². The molecule has 2 aliphatic rings. The van der Waals surface area contributed by atoms with E-state index < -0.39 is 0 Å². The highest BCUT2D eigenvalue weighted by Crippen LogP contribution is 2.34. The standard InChI is InChI=1S/2C11H23N/c2*1-10(2,3)12-9-7-6-8-11(12,4)5/h2*6-9H2,1-5H3. The van der Waals surface area contributed by atoms with Crippen LogP contribution in [0.2, 0.25) is 0 Å². The van der Waals surface area contributed by atoms with Crippen LogP contribution >= 0.6 is 0 Å². The zero-order valence-corrected chi connectivity index (χ0v) is 18.6. The maximum absolute atomic E-state index is 2.64. The van der Waals surface area contributed by atoms with Gasteiger partial charge >= 0.3 is 0 Å². The Bertz CT molecular complexity index is 344. The molecule has 2 aliphatic heterocycles. The van der Waals surface area contributed by atoms with Crippen molar-refractivity contribution in [2.75, 3.05) is 13.1 Å². The van der Waals surface area contributed by atoms with Gasteiger partial charge in [0.25, 0.3) is 0 Å². The SMILES string of the molecule is CC(C)(C)N1CCCCC1(C)C.CC(C)(C)N1CCCCC1(C)C. The van der Waals surface area contributed by atoms with E-state index in [0.717, 1.165) is 0 Å². The summed E-state index contributed by atoms with van der Waals surface area (Å²) in [4.78, 5) is 5.28. The molecule has 0 atom stereocenters. The van der Waals surface area contributed by atoms with E-state index in [1.807, 2.05) is 0 Å². The largest absolute Gasteiger partial charge is 0.293 e. The Balaban J connectivity index is 0.000000240. The summed E-state index contributed by atoms with van der Waals surface area (Å²) in [5.74, 6) is 0. The number of hydrogen-bond donors (Lipinski definition) is 0. The predicted molar refractivity (Wildman–Crippen MR) is 109 cm³/mol. The first-order chi connectivity index (χ1) is 10.7. The minimum Gasteiger partial charge on any atom is -0.293 e. The molecule has 0 amide bonds. The molecule has 0 spiro atoms. The van der Waals surface area contributed by atoms with Gasteiger partial charge in [-0.05, 0) is 108 Å². The molecule has 0 aromatic rings. The van der Waals surface area contributed by atoms with Crippen LogP contribution in [0.25, 0.3) is 0 Å². The maximum Gasteiger partial charge on any atom is 0.0158 e. The zero-order valence-electron chi connectivity index (χ0n) is 18.6. The van der Waals surface area contributed by atoms with E-state index in [1.165, 1.54) is 51.6 Å². The normalized spacial score (nSPS) is 25.8. The van der Waals surface area contributed by atoms with Crippen LogP contribution in [0.1, 0.15) is 108 Å². The lowest BCUT2D eigenvalue weighted by Crippen LogP contribution is -2.56. The summed E-state index contributed by atoms with van der Waals surface area (Å²) in [5, 5.41) is 0. The predicted octanol–water partition coefficient (Wildman–Crippen LogP) is 6.10. The summed E-state index contributed by atoms with van der Waals surface area (Å²) in [7, 11) is 0. The molecule has 0 unspecified atom stereocenters. The van der Waals surface area contributed by atoms with E-state index in [9.17, 15) is 0 Å². The van der Waals surface area contributed by atoms with Crippen molar-refractivity contribution >= 4 is 0 Å². The summed E-state index contributed by atoms with van der Waals surface area (Å²) in [5.41, 5.74) is 1.50. The number of likely N-dealkylation sites (tertiary alicyclic amines) is 2. The fourth-order valence-electron chi connectivity index (χ4n) is 5.02. The minimum absolute atomic E-state index is 0.337. The third-order valence-electron chi connectivity index (χ3n) is 5.92. The van der Waals surface area contributed by atoms with Gasteiger partial charge in [0.2, 0.25) is 0 Å². The van der Waals surface area contributed by atoms with E-state index in [-0.39, 0.29) is 0 Å². The quantitative estimate of drug-likeness (QED) is 0.526. The van der Waals surface area contributed by atoms with Crippen molar-refractivity contribution in [3.8, 4) is 0 Å². The topological polar surface area (TPSA) is 6.48 Å². The highest BCUT2D eigenvalue weighted by molar-refractivity contribution is 4.93. The second kappa shape index (κ2) is 7.66. The highest BCUT2D eigenvalue weighted by atomic mass is 15.3. The first-order valence-corrected chi connectivity index (χ1v) is 10.2. The second-order valence-electron chi connectivity index (χ2n) is 11.2. The van der Waals surface area contributed by atoms with E-state index in [0.29, 0.717) is 22.2 Å². The molecule has 24 heavy (non-hydrogen) atoms. The molecular formula is C22H46N2. The molecule has 0 aliphatic carbocycles. The van der Waals surface area contributed by atoms with E-state index in [2.05, 4.69) is 79.0 Å². The van der Waals surface area contributed by atoms with Gasteiger partial charge in [0.15, 0.2) is 0 Å². The molecule has 0 saturated carbocycles. The molecule has 2 nitrogen and oxygen atoms in total. The smallest absolute Gasteiger partial charge is 0.0158 e. The summed E-state index contributed by atoms with van der Waals surface area (Å²) < 4.78 is 0. The van der Waals surface area contributed by atoms with Crippen molar-refractivity contribution < 1.29 is 0 Å². The lowest BCUT2D eigenvalue weighted by Gasteiger charge is -2.50. The van der Waals surface area contributed by atoms with Crippen LogP contribution in [0.3, 0.4) is 0 Å². The summed E-state index contributed by atoms with van der Waals surface area (Å²) >= 11 is 0. The van der Waals surface area contributed by atoms with Gasteiger partial charge in [0.1, 0.15) is 0 Å². The summed E-state index contributed by atoms with van der Waals surface area (Å²) in [6.45, 7) is 26.0. The van der Waals surface area contributed by atoms with Gasteiger partial charge in [-0.25, -0.2) is 0 Å². The van der Waals surface area contributed by atoms with Gasteiger partial charge < -0.3 is 0 Å². The molecule has 0 radical (unpaired) electrons. The number of hydrogen-bond acceptors (Lipinski definition) is 2. The fourth-order valence-corrected chi connectivity index (χ4v) is 5.02. The molecule has 144 valence electrons. The van der Waals surface area contributed by atoms with Gasteiger partial charge in [-0.15, -0.1) is 0 Å². The van der Waals surface area contributed by atoms with Gasteiger partial charge in [0, 0.05) is 22.2 Å². The summed E-state index contributed by atoms with van der Waals surface area (Å²) in [6.07, 6.45) is 8.26. The van der Waals surface area contributed by atoms with E-state index >= 15 is 0 Å². The third kappa shape index (κ3) is 6.02. The molecule has 2 fully saturated rings. The lowest BCUT2D eigenvalue weighted by atomic mass is 9.86. The Morgan fingerprint density at radius 2 is 0.833 bits per heavy atom. The maximum atomic E-state index is 2.64. The number of nitrogens with zero attached hydrogens (tertiary/aromatic N) is 2. The van der Waals surface area contributed by atoms with Crippen molar-refractivity contribution in [1.82, 2.24) is 9.80 Å². The molecule has 0 N–H and O–H groups in total.